The summed E-state index contributed by atoms with van der Waals surface area (Å²) in [7, 11) is 5.70. The first-order valence-corrected chi connectivity index (χ1v) is 5.56. The van der Waals surface area contributed by atoms with Gasteiger partial charge in [-0.25, -0.2) is 4.98 Å². The highest BCUT2D eigenvalue weighted by atomic mass is 16.5. The van der Waals surface area contributed by atoms with Gasteiger partial charge in [-0.3, -0.25) is 0 Å². The Hall–Kier alpha value is -1.29. The fourth-order valence-electron chi connectivity index (χ4n) is 1.55. The summed E-state index contributed by atoms with van der Waals surface area (Å²) >= 11 is 0. The number of hydrogen-bond acceptors (Lipinski definition) is 4. The predicted molar refractivity (Wildman–Crippen MR) is 68.1 cm³/mol. The lowest BCUT2D eigenvalue weighted by Crippen LogP contribution is -2.25. The summed E-state index contributed by atoms with van der Waals surface area (Å²) in [6.45, 7) is 2.85. The first-order chi connectivity index (χ1) is 7.69. The summed E-state index contributed by atoms with van der Waals surface area (Å²) in [5, 5.41) is 3.45. The molecule has 1 heterocycles. The van der Waals surface area contributed by atoms with Crippen molar-refractivity contribution in [1.29, 1.82) is 0 Å². The van der Waals surface area contributed by atoms with Crippen LogP contribution in [0.2, 0.25) is 0 Å². The third-order valence-electron chi connectivity index (χ3n) is 2.43. The molecule has 16 heavy (non-hydrogen) atoms. The summed E-state index contributed by atoms with van der Waals surface area (Å²) in [5.74, 6) is 0.956. The molecular weight excluding hydrogens is 202 g/mol. The monoisotopic (exact) mass is 223 g/mol. The molecule has 0 aliphatic carbocycles. The van der Waals surface area contributed by atoms with E-state index in [9.17, 15) is 0 Å². The highest BCUT2D eigenvalue weighted by Crippen LogP contribution is 2.21. The minimum atomic E-state index is 0.327. The van der Waals surface area contributed by atoms with Gasteiger partial charge in [-0.2, -0.15) is 0 Å². The number of nitrogens with one attached hydrogen (secondary N) is 1. The zero-order valence-electron chi connectivity index (χ0n) is 10.5. The quantitative estimate of drug-likeness (QED) is 0.800. The fraction of sp³-hybridized carbons (Fsp3) is 0.583. The van der Waals surface area contributed by atoms with E-state index in [0.29, 0.717) is 12.6 Å². The van der Waals surface area contributed by atoms with Crippen LogP contribution in [0, 0.1) is 0 Å². The first-order valence-electron chi connectivity index (χ1n) is 5.56. The Morgan fingerprint density at radius 3 is 2.81 bits per heavy atom. The third-order valence-corrected chi connectivity index (χ3v) is 2.43. The van der Waals surface area contributed by atoms with E-state index in [1.807, 2.05) is 31.1 Å². The van der Waals surface area contributed by atoms with Gasteiger partial charge in [0.1, 0.15) is 0 Å². The van der Waals surface area contributed by atoms with Crippen LogP contribution in [0.15, 0.2) is 18.3 Å². The van der Waals surface area contributed by atoms with Crippen molar-refractivity contribution in [3.05, 3.63) is 18.3 Å². The molecular formula is C12H21N3O. The summed E-state index contributed by atoms with van der Waals surface area (Å²) < 4.78 is 5.17. The van der Waals surface area contributed by atoms with Gasteiger partial charge in [0.2, 0.25) is 0 Å². The number of hydrogen-bond donors (Lipinski definition) is 1. The molecule has 1 rings (SSSR count). The van der Waals surface area contributed by atoms with Crippen molar-refractivity contribution in [2.75, 3.05) is 38.0 Å². The molecule has 1 aromatic heterocycles. The second-order valence-electron chi connectivity index (χ2n) is 3.97. The molecule has 0 aromatic carbocycles. The number of rotatable bonds is 6. The Balaban J connectivity index is 2.78. The molecule has 1 N–H and O–H groups in total. The highest BCUT2D eigenvalue weighted by molar-refractivity contribution is 5.65. The number of aromatic nitrogens is 1. The van der Waals surface area contributed by atoms with Crippen molar-refractivity contribution >= 4 is 11.5 Å². The molecule has 0 radical (unpaired) electrons. The van der Waals surface area contributed by atoms with Crippen molar-refractivity contribution < 1.29 is 4.74 Å². The van der Waals surface area contributed by atoms with Gasteiger partial charge < -0.3 is 15.0 Å². The summed E-state index contributed by atoms with van der Waals surface area (Å²) in [4.78, 5) is 6.35. The maximum absolute atomic E-state index is 5.17. The topological polar surface area (TPSA) is 37.4 Å². The van der Waals surface area contributed by atoms with E-state index in [1.165, 1.54) is 0 Å². The van der Waals surface area contributed by atoms with Gasteiger partial charge in [-0.15, -0.1) is 0 Å². The van der Waals surface area contributed by atoms with Crippen molar-refractivity contribution in [2.45, 2.75) is 19.4 Å². The Labute approximate surface area is 97.6 Å². The molecule has 0 amide bonds. The van der Waals surface area contributed by atoms with Crippen LogP contribution in [0.3, 0.4) is 0 Å². The minimum absolute atomic E-state index is 0.327. The van der Waals surface area contributed by atoms with Crippen LogP contribution in [-0.2, 0) is 4.74 Å². The van der Waals surface area contributed by atoms with Crippen LogP contribution in [0.1, 0.15) is 13.3 Å². The predicted octanol–water partition coefficient (Wildman–Crippen LogP) is 1.98. The largest absolute Gasteiger partial charge is 0.383 e. The summed E-state index contributed by atoms with van der Waals surface area (Å²) in [6.07, 6.45) is 2.83. The molecule has 0 fully saturated rings. The normalized spacial score (nSPS) is 12.2. The van der Waals surface area contributed by atoms with E-state index in [1.54, 1.807) is 13.3 Å². The van der Waals surface area contributed by atoms with Gasteiger partial charge >= 0.3 is 0 Å². The van der Waals surface area contributed by atoms with Gasteiger partial charge in [0.05, 0.1) is 12.3 Å². The zero-order chi connectivity index (χ0) is 12.0. The highest BCUT2D eigenvalue weighted by Gasteiger charge is 2.10. The van der Waals surface area contributed by atoms with E-state index in [2.05, 4.69) is 17.2 Å². The number of pyridine rings is 1. The van der Waals surface area contributed by atoms with Gasteiger partial charge in [0.25, 0.3) is 0 Å². The molecule has 1 unspecified atom stereocenters. The Bertz CT molecular complexity index is 315. The Morgan fingerprint density at radius 2 is 2.25 bits per heavy atom. The number of anilines is 2. The second-order valence-corrected chi connectivity index (χ2v) is 3.97. The number of methoxy groups -OCH3 is 1. The van der Waals surface area contributed by atoms with Crippen LogP contribution < -0.4 is 10.2 Å². The molecule has 90 valence electrons. The molecule has 0 spiro atoms. The fourth-order valence-corrected chi connectivity index (χ4v) is 1.55. The van der Waals surface area contributed by atoms with E-state index in [0.717, 1.165) is 17.9 Å². The van der Waals surface area contributed by atoms with Crippen LogP contribution in [0.5, 0.6) is 0 Å². The summed E-state index contributed by atoms with van der Waals surface area (Å²) in [6, 6.07) is 4.31. The van der Waals surface area contributed by atoms with Gasteiger partial charge in [0, 0.05) is 33.4 Å². The number of nitrogens with zero attached hydrogens (tertiary/aromatic N) is 2. The van der Waals surface area contributed by atoms with Crippen molar-refractivity contribution in [3.63, 3.8) is 0 Å². The lowest BCUT2D eigenvalue weighted by molar-refractivity contribution is 0.184. The Kier molecular flexibility index (Phi) is 5.05. The van der Waals surface area contributed by atoms with Gasteiger partial charge in [-0.1, -0.05) is 6.92 Å². The zero-order valence-corrected chi connectivity index (χ0v) is 10.5. The van der Waals surface area contributed by atoms with Crippen molar-refractivity contribution in [1.82, 2.24) is 4.98 Å². The van der Waals surface area contributed by atoms with Crippen LogP contribution in [0.25, 0.3) is 0 Å². The van der Waals surface area contributed by atoms with E-state index < -0.39 is 0 Å². The second kappa shape index (κ2) is 6.33. The molecule has 4 nitrogen and oxygen atoms in total. The maximum Gasteiger partial charge on any atom is 0.151 e. The summed E-state index contributed by atoms with van der Waals surface area (Å²) in [5.41, 5.74) is 1.05. The molecule has 1 atom stereocenters. The van der Waals surface area contributed by atoms with Crippen molar-refractivity contribution in [3.8, 4) is 0 Å². The molecule has 0 saturated heterocycles. The van der Waals surface area contributed by atoms with Crippen LogP contribution in [0.4, 0.5) is 11.5 Å². The van der Waals surface area contributed by atoms with E-state index in [4.69, 9.17) is 4.74 Å². The maximum atomic E-state index is 5.17. The molecule has 0 bridgehead atoms. The molecule has 0 saturated carbocycles. The average Bonchev–Trinajstić information content (AvgIpc) is 2.29. The van der Waals surface area contributed by atoms with Crippen molar-refractivity contribution in [2.24, 2.45) is 0 Å². The van der Waals surface area contributed by atoms with Crippen LogP contribution >= 0.6 is 0 Å². The van der Waals surface area contributed by atoms with Gasteiger partial charge in [0.15, 0.2) is 5.82 Å². The minimum Gasteiger partial charge on any atom is -0.383 e. The SMILES string of the molecule is CCC(COC)Nc1cccnc1N(C)C. The lowest BCUT2D eigenvalue weighted by Gasteiger charge is -2.21. The standard InChI is InChI=1S/C12H21N3O/c1-5-10(9-16-4)14-11-7-6-8-13-12(11)15(2)3/h6-8,10,14H,5,9H2,1-4H3. The van der Waals surface area contributed by atoms with Crippen LogP contribution in [-0.4, -0.2) is 38.8 Å². The molecule has 4 heteroatoms. The lowest BCUT2D eigenvalue weighted by atomic mass is 10.2. The molecule has 1 aromatic rings. The average molecular weight is 223 g/mol. The molecule has 0 aliphatic heterocycles. The number of ether oxygens (including phenoxy) is 1. The third kappa shape index (κ3) is 3.38. The first kappa shape index (κ1) is 12.8. The smallest absolute Gasteiger partial charge is 0.151 e. The van der Waals surface area contributed by atoms with E-state index in [-0.39, 0.29) is 0 Å². The van der Waals surface area contributed by atoms with E-state index >= 15 is 0 Å². The molecule has 0 aliphatic rings. The van der Waals surface area contributed by atoms with Gasteiger partial charge in [-0.05, 0) is 18.6 Å². The Morgan fingerprint density at radius 1 is 1.50 bits per heavy atom.